The Morgan fingerprint density at radius 1 is 0.960 bits per heavy atom. The summed E-state index contributed by atoms with van der Waals surface area (Å²) in [7, 11) is 1.37. The number of carbonyl (C=O) groups excluding carboxylic acids is 3. The van der Waals surface area contributed by atoms with Crippen LogP contribution in [0.3, 0.4) is 0 Å². The van der Waals surface area contributed by atoms with E-state index in [-0.39, 0.29) is 6.61 Å². The first-order valence-electron chi connectivity index (χ1n) is 7.69. The Bertz CT molecular complexity index is 534. The fourth-order valence-electron chi connectivity index (χ4n) is 2.67. The monoisotopic (exact) mass is 362 g/mol. The maximum absolute atomic E-state index is 11.5. The maximum atomic E-state index is 11.5. The first-order chi connectivity index (χ1) is 11.6. The van der Waals surface area contributed by atoms with Crippen LogP contribution in [0.15, 0.2) is 0 Å². The van der Waals surface area contributed by atoms with Gasteiger partial charge in [0.25, 0.3) is 5.97 Å². The van der Waals surface area contributed by atoms with Gasteiger partial charge in [0, 0.05) is 34.8 Å². The SMILES string of the molecule is CO[C@]1(C)O[C@@H]2O[C@H](COC(C)=O)[C@@H](OC(C)=O)[C@H](OC(C)=O)[C@H]2O1. The van der Waals surface area contributed by atoms with Crippen molar-refractivity contribution < 1.29 is 47.5 Å². The number of carbonyl (C=O) groups is 3. The molecule has 0 aromatic carbocycles. The lowest BCUT2D eigenvalue weighted by atomic mass is 9.98. The Hall–Kier alpha value is -1.75. The van der Waals surface area contributed by atoms with Gasteiger partial charge in [-0.25, -0.2) is 0 Å². The first kappa shape index (κ1) is 19.6. The Labute approximate surface area is 144 Å². The van der Waals surface area contributed by atoms with Crippen LogP contribution < -0.4 is 0 Å². The summed E-state index contributed by atoms with van der Waals surface area (Å²) in [5.74, 6) is -3.19. The van der Waals surface area contributed by atoms with Crippen LogP contribution in [-0.2, 0) is 47.5 Å². The van der Waals surface area contributed by atoms with Gasteiger partial charge < -0.3 is 28.4 Å². The van der Waals surface area contributed by atoms with Gasteiger partial charge in [0.1, 0.15) is 12.7 Å². The molecule has 10 heteroatoms. The highest BCUT2D eigenvalue weighted by Crippen LogP contribution is 2.39. The average Bonchev–Trinajstić information content (AvgIpc) is 2.84. The minimum Gasteiger partial charge on any atom is -0.463 e. The summed E-state index contributed by atoms with van der Waals surface area (Å²) >= 11 is 0. The molecule has 0 aliphatic carbocycles. The number of rotatable bonds is 5. The average molecular weight is 362 g/mol. The summed E-state index contributed by atoms with van der Waals surface area (Å²) in [6.07, 6.45) is -4.86. The summed E-state index contributed by atoms with van der Waals surface area (Å²) in [5, 5.41) is 0. The molecule has 2 aliphatic rings. The van der Waals surface area contributed by atoms with Gasteiger partial charge in [-0.3, -0.25) is 19.1 Å². The normalized spacial score (nSPS) is 37.1. The number of hydrogen-bond acceptors (Lipinski definition) is 10. The number of esters is 3. The van der Waals surface area contributed by atoms with Crippen molar-refractivity contribution in [1.29, 1.82) is 0 Å². The van der Waals surface area contributed by atoms with E-state index in [1.807, 2.05) is 0 Å². The molecule has 6 atom stereocenters. The minimum atomic E-state index is -1.43. The second kappa shape index (κ2) is 7.65. The quantitative estimate of drug-likeness (QED) is 0.484. The standard InChI is InChI=1S/C15H22O10/c1-7(16)20-6-10-11(21-8(2)17)12(22-9(3)18)13-14(23-10)25-15(4,19-5)24-13/h10-14H,6H2,1-5H3/t10-,11-,12+,13-,14+,15+/m1/s1. The summed E-state index contributed by atoms with van der Waals surface area (Å²) in [5.41, 5.74) is 0. The molecule has 10 nitrogen and oxygen atoms in total. The van der Waals surface area contributed by atoms with Gasteiger partial charge in [0.05, 0.1) is 0 Å². The van der Waals surface area contributed by atoms with E-state index in [2.05, 4.69) is 0 Å². The Balaban J connectivity index is 2.29. The Morgan fingerprint density at radius 2 is 1.56 bits per heavy atom. The molecule has 142 valence electrons. The third-order valence-electron chi connectivity index (χ3n) is 3.70. The fraction of sp³-hybridized carbons (Fsp3) is 0.800. The zero-order chi connectivity index (χ0) is 18.8. The van der Waals surface area contributed by atoms with Crippen molar-refractivity contribution in [3.63, 3.8) is 0 Å². The minimum absolute atomic E-state index is 0.221. The van der Waals surface area contributed by atoms with Gasteiger partial charge >= 0.3 is 17.9 Å². The van der Waals surface area contributed by atoms with Crippen molar-refractivity contribution >= 4 is 17.9 Å². The smallest absolute Gasteiger partial charge is 0.303 e. The summed E-state index contributed by atoms with van der Waals surface area (Å²) in [6, 6.07) is 0. The van der Waals surface area contributed by atoms with E-state index in [9.17, 15) is 14.4 Å². The molecule has 0 unspecified atom stereocenters. The second-order valence-electron chi connectivity index (χ2n) is 5.76. The van der Waals surface area contributed by atoms with E-state index in [0.717, 1.165) is 0 Å². The molecule has 2 fully saturated rings. The highest BCUT2D eigenvalue weighted by molar-refractivity contribution is 5.67. The van der Waals surface area contributed by atoms with Crippen LogP contribution in [0.4, 0.5) is 0 Å². The van der Waals surface area contributed by atoms with E-state index in [1.165, 1.54) is 34.8 Å². The van der Waals surface area contributed by atoms with Gasteiger partial charge in [-0.15, -0.1) is 0 Å². The van der Waals surface area contributed by atoms with E-state index in [4.69, 9.17) is 33.2 Å². The van der Waals surface area contributed by atoms with Crippen molar-refractivity contribution in [2.24, 2.45) is 0 Å². The summed E-state index contributed by atoms with van der Waals surface area (Å²) in [6.45, 7) is 4.93. The molecule has 0 aromatic rings. The summed E-state index contributed by atoms with van der Waals surface area (Å²) in [4.78, 5) is 34.1. The molecule has 2 aliphatic heterocycles. The van der Waals surface area contributed by atoms with Crippen LogP contribution in [0, 0.1) is 0 Å². The van der Waals surface area contributed by atoms with Crippen molar-refractivity contribution in [2.45, 2.75) is 64.4 Å². The Morgan fingerprint density at radius 3 is 2.08 bits per heavy atom. The first-order valence-corrected chi connectivity index (χ1v) is 7.69. The molecule has 2 heterocycles. The zero-order valence-corrected chi connectivity index (χ0v) is 14.7. The van der Waals surface area contributed by atoms with Crippen molar-refractivity contribution in [3.8, 4) is 0 Å². The number of ether oxygens (including phenoxy) is 7. The van der Waals surface area contributed by atoms with Crippen LogP contribution in [0.5, 0.6) is 0 Å². The van der Waals surface area contributed by atoms with E-state index in [0.29, 0.717) is 0 Å². The van der Waals surface area contributed by atoms with E-state index in [1.54, 1.807) is 0 Å². The van der Waals surface area contributed by atoms with Crippen LogP contribution >= 0.6 is 0 Å². The van der Waals surface area contributed by atoms with Crippen LogP contribution in [0.1, 0.15) is 27.7 Å². The molecule has 0 radical (unpaired) electrons. The largest absolute Gasteiger partial charge is 0.463 e. The molecular formula is C15H22O10. The molecule has 0 aromatic heterocycles. The number of hydrogen-bond donors (Lipinski definition) is 0. The van der Waals surface area contributed by atoms with Gasteiger partial charge in [-0.05, 0) is 0 Å². The van der Waals surface area contributed by atoms with E-state index < -0.39 is 54.6 Å². The van der Waals surface area contributed by atoms with Gasteiger partial charge in [-0.2, -0.15) is 0 Å². The topological polar surface area (TPSA) is 116 Å². The molecule has 0 spiro atoms. The van der Waals surface area contributed by atoms with Crippen LogP contribution in [0.25, 0.3) is 0 Å². The van der Waals surface area contributed by atoms with Gasteiger partial charge in [0.2, 0.25) is 0 Å². The second-order valence-corrected chi connectivity index (χ2v) is 5.76. The summed E-state index contributed by atoms with van der Waals surface area (Å²) < 4.78 is 37.6. The lowest BCUT2D eigenvalue weighted by Gasteiger charge is -2.40. The predicted octanol–water partition coefficient (Wildman–Crippen LogP) is -0.127. The molecule has 25 heavy (non-hydrogen) atoms. The van der Waals surface area contributed by atoms with Crippen molar-refractivity contribution in [3.05, 3.63) is 0 Å². The van der Waals surface area contributed by atoms with Crippen LogP contribution in [0.2, 0.25) is 0 Å². The van der Waals surface area contributed by atoms with Gasteiger partial charge in [-0.1, -0.05) is 0 Å². The van der Waals surface area contributed by atoms with Gasteiger partial charge in [0.15, 0.2) is 24.6 Å². The molecule has 2 saturated heterocycles. The Kier molecular flexibility index (Phi) is 5.99. The molecule has 2 rings (SSSR count). The van der Waals surface area contributed by atoms with Crippen molar-refractivity contribution in [2.75, 3.05) is 13.7 Å². The molecule has 0 amide bonds. The lowest BCUT2D eigenvalue weighted by Crippen LogP contribution is -2.60. The molecule has 0 saturated carbocycles. The number of methoxy groups -OCH3 is 1. The maximum Gasteiger partial charge on any atom is 0.303 e. The molecule has 0 N–H and O–H groups in total. The molecule has 0 bridgehead atoms. The third kappa shape index (κ3) is 4.66. The fourth-order valence-corrected chi connectivity index (χ4v) is 2.67. The lowest BCUT2D eigenvalue weighted by molar-refractivity contribution is -0.334. The number of fused-ring (bicyclic) bond motifs is 1. The van der Waals surface area contributed by atoms with Crippen molar-refractivity contribution in [1.82, 2.24) is 0 Å². The van der Waals surface area contributed by atoms with E-state index >= 15 is 0 Å². The highest BCUT2D eigenvalue weighted by Gasteiger charge is 2.59. The van der Waals surface area contributed by atoms with Crippen LogP contribution in [-0.4, -0.2) is 68.3 Å². The zero-order valence-electron chi connectivity index (χ0n) is 14.7. The highest BCUT2D eigenvalue weighted by atomic mass is 16.9. The predicted molar refractivity (Wildman–Crippen MR) is 77.8 cm³/mol. The molecular weight excluding hydrogens is 340 g/mol. The third-order valence-corrected chi connectivity index (χ3v) is 3.70.